The van der Waals surface area contributed by atoms with Crippen molar-refractivity contribution in [1.82, 2.24) is 9.47 Å². The number of carboxylic acid groups (broad SMARTS) is 1. The van der Waals surface area contributed by atoms with Crippen molar-refractivity contribution in [2.45, 2.75) is 56.7 Å². The van der Waals surface area contributed by atoms with E-state index < -0.39 is 34.3 Å². The Bertz CT molecular complexity index is 1180. The van der Waals surface area contributed by atoms with E-state index in [0.29, 0.717) is 13.1 Å². The maximum absolute atomic E-state index is 16.1. The van der Waals surface area contributed by atoms with Crippen molar-refractivity contribution >= 4 is 28.2 Å². The van der Waals surface area contributed by atoms with E-state index in [0.717, 1.165) is 32.1 Å². The minimum absolute atomic E-state index is 0.0687. The van der Waals surface area contributed by atoms with E-state index in [1.54, 1.807) is 4.90 Å². The fraction of sp³-hybridized carbons (Fsp3) is 0.545. The fourth-order valence-electron chi connectivity index (χ4n) is 5.35. The first-order chi connectivity index (χ1) is 14.6. The van der Waals surface area contributed by atoms with E-state index in [1.165, 1.54) is 10.8 Å². The summed E-state index contributed by atoms with van der Waals surface area (Å²) in [5.74, 6) is -3.25. The van der Waals surface area contributed by atoms with Gasteiger partial charge in [0.15, 0.2) is 11.6 Å². The van der Waals surface area contributed by atoms with Gasteiger partial charge in [-0.15, -0.1) is 0 Å². The topological polar surface area (TPSA) is 91.8 Å². The van der Waals surface area contributed by atoms with Crippen LogP contribution in [0.5, 0.6) is 0 Å². The number of rotatable bonds is 3. The molecule has 0 radical (unpaired) electrons. The van der Waals surface area contributed by atoms with Gasteiger partial charge in [0, 0.05) is 36.9 Å². The molecule has 9 heteroatoms. The van der Waals surface area contributed by atoms with Crippen LogP contribution in [0.4, 0.5) is 20.2 Å². The Morgan fingerprint density at radius 1 is 1.23 bits per heavy atom. The summed E-state index contributed by atoms with van der Waals surface area (Å²) in [5, 5.41) is 9.06. The second-order valence-corrected chi connectivity index (χ2v) is 9.48. The molecule has 166 valence electrons. The average molecular weight is 432 g/mol. The number of nitrogen functional groups attached to an aromatic ring is 1. The van der Waals surface area contributed by atoms with E-state index in [2.05, 4.69) is 11.8 Å². The number of nitrogens with two attached hydrogens (primary N) is 1. The maximum Gasteiger partial charge on any atom is 0.341 e. The predicted octanol–water partition coefficient (Wildman–Crippen LogP) is 2.96. The Labute approximate surface area is 178 Å². The van der Waals surface area contributed by atoms with Crippen molar-refractivity contribution < 1.29 is 18.7 Å². The highest BCUT2D eigenvalue weighted by Crippen LogP contribution is 2.44. The monoisotopic (exact) mass is 432 g/mol. The minimum atomic E-state index is -1.44. The van der Waals surface area contributed by atoms with Crippen LogP contribution in [-0.4, -0.2) is 52.3 Å². The lowest BCUT2D eigenvalue weighted by molar-refractivity contribution is 0.0694. The van der Waals surface area contributed by atoms with Gasteiger partial charge >= 0.3 is 5.97 Å². The number of halogens is 2. The van der Waals surface area contributed by atoms with E-state index in [4.69, 9.17) is 5.73 Å². The molecule has 2 bridgehead atoms. The van der Waals surface area contributed by atoms with Gasteiger partial charge in [0.25, 0.3) is 0 Å². The first-order valence-electron chi connectivity index (χ1n) is 10.7. The smallest absolute Gasteiger partial charge is 0.341 e. The molecule has 4 fully saturated rings. The van der Waals surface area contributed by atoms with Gasteiger partial charge in [0.05, 0.1) is 16.6 Å². The zero-order valence-electron chi connectivity index (χ0n) is 17.6. The number of likely N-dealkylation sites (N-methyl/N-ethyl adjacent to an activating group) is 1. The van der Waals surface area contributed by atoms with Crippen molar-refractivity contribution in [1.29, 1.82) is 0 Å². The third kappa shape index (κ3) is 2.86. The number of piperazine rings is 1. The molecule has 0 spiro atoms. The van der Waals surface area contributed by atoms with Crippen LogP contribution in [0, 0.1) is 11.6 Å². The molecule has 0 amide bonds. The fourth-order valence-corrected chi connectivity index (χ4v) is 5.35. The molecule has 31 heavy (non-hydrogen) atoms. The molecule has 2 aromatic rings. The maximum atomic E-state index is 16.1. The van der Waals surface area contributed by atoms with Crippen molar-refractivity contribution in [3.63, 3.8) is 0 Å². The summed E-state index contributed by atoms with van der Waals surface area (Å²) in [6.45, 7) is 3.23. The van der Waals surface area contributed by atoms with E-state index in [9.17, 15) is 14.7 Å². The third-order valence-corrected chi connectivity index (χ3v) is 7.43. The summed E-state index contributed by atoms with van der Waals surface area (Å²) in [4.78, 5) is 28.4. The summed E-state index contributed by atoms with van der Waals surface area (Å²) in [6.07, 6.45) is 5.35. The molecule has 2 atom stereocenters. The van der Waals surface area contributed by atoms with Crippen LogP contribution in [0.25, 0.3) is 10.9 Å². The number of carboxylic acids is 1. The van der Waals surface area contributed by atoms with Crippen LogP contribution < -0.4 is 16.1 Å². The van der Waals surface area contributed by atoms with Crippen molar-refractivity contribution in [3.8, 4) is 0 Å². The summed E-state index contributed by atoms with van der Waals surface area (Å²) in [6, 6.07) is -0.196. The molecule has 1 saturated carbocycles. The molecular weight excluding hydrogens is 406 g/mol. The highest BCUT2D eigenvalue weighted by molar-refractivity contribution is 5.99. The van der Waals surface area contributed by atoms with E-state index in [1.807, 2.05) is 7.05 Å². The van der Waals surface area contributed by atoms with Gasteiger partial charge in [-0.25, -0.2) is 13.6 Å². The lowest BCUT2D eigenvalue weighted by Crippen LogP contribution is -2.61. The number of anilines is 2. The third-order valence-electron chi connectivity index (χ3n) is 7.43. The molecule has 6 rings (SSSR count). The van der Waals surface area contributed by atoms with Gasteiger partial charge in [-0.3, -0.25) is 9.69 Å². The lowest BCUT2D eigenvalue weighted by atomic mass is 9.93. The number of carbonyl (C=O) groups is 1. The second-order valence-electron chi connectivity index (χ2n) is 9.48. The van der Waals surface area contributed by atoms with Crippen LogP contribution in [0.15, 0.2) is 11.0 Å². The quantitative estimate of drug-likeness (QED) is 0.725. The Balaban J connectivity index is 1.80. The van der Waals surface area contributed by atoms with Gasteiger partial charge in [0.2, 0.25) is 5.43 Å². The van der Waals surface area contributed by atoms with Gasteiger partial charge in [-0.1, -0.05) is 0 Å². The first-order valence-corrected chi connectivity index (χ1v) is 10.7. The number of hydrogen-bond donors (Lipinski definition) is 2. The van der Waals surface area contributed by atoms with Crippen molar-refractivity contribution in [3.05, 3.63) is 33.6 Å². The highest BCUT2D eigenvalue weighted by Gasteiger charge is 2.45. The van der Waals surface area contributed by atoms with Crippen molar-refractivity contribution in [2.75, 3.05) is 30.8 Å². The van der Waals surface area contributed by atoms with Crippen LogP contribution in [-0.2, 0) is 0 Å². The van der Waals surface area contributed by atoms with Gasteiger partial charge in [-0.2, -0.15) is 0 Å². The second kappa shape index (κ2) is 6.66. The molecule has 3 N–H and O–H groups in total. The van der Waals surface area contributed by atoms with E-state index >= 15 is 8.78 Å². The standard InChI is InChI=1S/C22H26F2N4O3/c1-22-7-3-4-12(8-26(22)2)28(10-22)19-15(23)17(25)14-18(16(19)24)27(11-5-6-11)9-13(20(14)29)21(30)31/h9,11-12H,3-8,10,25H2,1-2H3,(H,30,31). The molecule has 2 unspecified atom stereocenters. The number of hydrogen-bond acceptors (Lipinski definition) is 5. The normalized spacial score (nSPS) is 26.5. The number of nitrogens with zero attached hydrogens (tertiary/aromatic N) is 3. The summed E-state index contributed by atoms with van der Waals surface area (Å²) >= 11 is 0. The van der Waals surface area contributed by atoms with Crippen molar-refractivity contribution in [2.24, 2.45) is 0 Å². The summed E-state index contributed by atoms with van der Waals surface area (Å²) in [7, 11) is 2.04. The van der Waals surface area contributed by atoms with Gasteiger partial charge < -0.3 is 20.3 Å². The molecule has 1 aliphatic carbocycles. The molecule has 1 aromatic carbocycles. The molecular formula is C22H26F2N4O3. The molecule has 4 heterocycles. The number of pyridine rings is 1. The SMILES string of the molecule is CN1CC2CCCC1(C)CN2c1c(F)c(N)c2c(=O)c(C(=O)O)cn(C3CC3)c2c1F. The Hall–Kier alpha value is -2.68. The average Bonchev–Trinajstić information content (AvgIpc) is 3.55. The molecule has 4 aliphatic rings. The lowest BCUT2D eigenvalue weighted by Gasteiger charge is -2.49. The Morgan fingerprint density at radius 3 is 2.58 bits per heavy atom. The molecule has 1 aromatic heterocycles. The molecule has 3 saturated heterocycles. The van der Waals surface area contributed by atoms with Crippen LogP contribution in [0.2, 0.25) is 0 Å². The minimum Gasteiger partial charge on any atom is -0.477 e. The zero-order valence-corrected chi connectivity index (χ0v) is 17.6. The number of fused-ring (bicyclic) bond motifs is 5. The summed E-state index contributed by atoms with van der Waals surface area (Å²) in [5.41, 5.74) is 3.59. The summed E-state index contributed by atoms with van der Waals surface area (Å²) < 4.78 is 33.1. The van der Waals surface area contributed by atoms with E-state index in [-0.39, 0.29) is 34.2 Å². The van der Waals surface area contributed by atoms with Crippen LogP contribution in [0.3, 0.4) is 0 Å². The largest absolute Gasteiger partial charge is 0.477 e. The number of aromatic carboxylic acids is 1. The van der Waals surface area contributed by atoms with Crippen LogP contribution >= 0.6 is 0 Å². The first kappa shape index (κ1) is 20.2. The van der Waals surface area contributed by atoms with Crippen LogP contribution in [0.1, 0.15) is 55.4 Å². The predicted molar refractivity (Wildman–Crippen MR) is 114 cm³/mol. The number of aromatic nitrogens is 1. The van der Waals surface area contributed by atoms with Gasteiger partial charge in [-0.05, 0) is 46.1 Å². The Kier molecular flexibility index (Phi) is 4.35. The molecule has 3 aliphatic heterocycles. The molecule has 7 nitrogen and oxygen atoms in total. The Morgan fingerprint density at radius 2 is 1.94 bits per heavy atom. The highest BCUT2D eigenvalue weighted by atomic mass is 19.1. The van der Waals surface area contributed by atoms with Gasteiger partial charge in [0.1, 0.15) is 11.3 Å². The number of benzene rings is 1. The zero-order chi connectivity index (χ0) is 22.2.